The molecule has 5 heteroatoms. The molecule has 1 fully saturated rings. The average molecular weight is 425 g/mol. The largest absolute Gasteiger partial charge is 0.494 e. The van der Waals surface area contributed by atoms with E-state index in [-0.39, 0.29) is 0 Å². The number of hydrogen-bond donors (Lipinski definition) is 0. The van der Waals surface area contributed by atoms with Crippen LogP contribution in [0.3, 0.4) is 0 Å². The van der Waals surface area contributed by atoms with E-state index in [1.807, 2.05) is 6.92 Å². The summed E-state index contributed by atoms with van der Waals surface area (Å²) < 4.78 is 8.00. The van der Waals surface area contributed by atoms with Crippen LogP contribution in [0, 0.1) is 6.92 Å². The van der Waals surface area contributed by atoms with E-state index in [4.69, 9.17) is 14.8 Å². The van der Waals surface area contributed by atoms with E-state index in [1.165, 1.54) is 35.2 Å². The quantitative estimate of drug-likeness (QED) is 0.432. The molecule has 6 rings (SSSR count). The first kappa shape index (κ1) is 19.5. The number of ether oxygens (including phenoxy) is 1. The summed E-state index contributed by atoms with van der Waals surface area (Å²) in [6, 6.07) is 20.0. The summed E-state index contributed by atoms with van der Waals surface area (Å²) in [7, 11) is 0. The van der Waals surface area contributed by atoms with Gasteiger partial charge in [0.05, 0.1) is 18.0 Å². The summed E-state index contributed by atoms with van der Waals surface area (Å²) in [5.74, 6) is 1.00. The molecule has 32 heavy (non-hydrogen) atoms. The van der Waals surface area contributed by atoms with Crippen molar-refractivity contribution in [3.63, 3.8) is 0 Å². The van der Waals surface area contributed by atoms with Crippen molar-refractivity contribution in [2.24, 2.45) is 0 Å². The van der Waals surface area contributed by atoms with Crippen molar-refractivity contribution < 1.29 is 4.74 Å². The predicted molar refractivity (Wildman–Crippen MR) is 126 cm³/mol. The minimum absolute atomic E-state index is 0.391. The van der Waals surface area contributed by atoms with E-state index in [2.05, 4.69) is 77.1 Å². The van der Waals surface area contributed by atoms with Crippen LogP contribution < -0.4 is 4.74 Å². The Bertz CT molecular complexity index is 1290. The van der Waals surface area contributed by atoms with Crippen LogP contribution in [0.5, 0.6) is 5.75 Å². The molecule has 2 aliphatic rings. The van der Waals surface area contributed by atoms with E-state index in [9.17, 15) is 0 Å². The molecule has 5 nitrogen and oxygen atoms in total. The van der Waals surface area contributed by atoms with Gasteiger partial charge in [0.1, 0.15) is 5.75 Å². The number of aromatic nitrogens is 3. The Morgan fingerprint density at radius 1 is 1.06 bits per heavy atom. The molecule has 0 amide bonds. The van der Waals surface area contributed by atoms with Gasteiger partial charge in [0.25, 0.3) is 0 Å². The first-order valence-corrected chi connectivity index (χ1v) is 11.6. The molecular weight excluding hydrogens is 396 g/mol. The topological polar surface area (TPSA) is 42.7 Å². The van der Waals surface area contributed by atoms with Crippen molar-refractivity contribution >= 4 is 5.65 Å². The lowest BCUT2D eigenvalue weighted by Gasteiger charge is -2.36. The van der Waals surface area contributed by atoms with Crippen LogP contribution in [-0.4, -0.2) is 32.1 Å². The number of nitrogens with zero attached hydrogens (tertiary/aromatic N) is 4. The third-order valence-corrected chi connectivity index (χ3v) is 6.99. The molecule has 0 radical (unpaired) electrons. The van der Waals surface area contributed by atoms with Crippen LogP contribution in [0.1, 0.15) is 48.2 Å². The zero-order chi connectivity index (χ0) is 21.7. The lowest BCUT2D eigenvalue weighted by Crippen LogP contribution is -2.38. The summed E-state index contributed by atoms with van der Waals surface area (Å²) in [6.07, 6.45) is 5.49. The molecule has 2 atom stereocenters. The van der Waals surface area contributed by atoms with Gasteiger partial charge >= 0.3 is 0 Å². The van der Waals surface area contributed by atoms with Crippen molar-refractivity contribution in [1.82, 2.24) is 19.5 Å². The molecule has 4 aromatic rings. The van der Waals surface area contributed by atoms with Gasteiger partial charge in [-0.1, -0.05) is 42.0 Å². The minimum atomic E-state index is 0.391. The smallest absolute Gasteiger partial charge is 0.155 e. The average Bonchev–Trinajstić information content (AvgIpc) is 3.35. The molecule has 0 N–H and O–H groups in total. The Morgan fingerprint density at radius 3 is 2.84 bits per heavy atom. The molecule has 2 aromatic carbocycles. The van der Waals surface area contributed by atoms with Gasteiger partial charge in [0, 0.05) is 54.0 Å². The van der Waals surface area contributed by atoms with Crippen LogP contribution >= 0.6 is 0 Å². The van der Waals surface area contributed by atoms with E-state index in [0.29, 0.717) is 18.7 Å². The molecule has 2 unspecified atom stereocenters. The minimum Gasteiger partial charge on any atom is -0.494 e. The van der Waals surface area contributed by atoms with Crippen molar-refractivity contribution in [3.8, 4) is 17.0 Å². The zero-order valence-electron chi connectivity index (χ0n) is 18.7. The first-order chi connectivity index (χ1) is 15.7. The van der Waals surface area contributed by atoms with Gasteiger partial charge in [-0.25, -0.2) is 9.50 Å². The summed E-state index contributed by atoms with van der Waals surface area (Å²) >= 11 is 0. The Labute approximate surface area is 188 Å². The highest BCUT2D eigenvalue weighted by Gasteiger charge is 2.41. The Hall–Kier alpha value is -3.18. The van der Waals surface area contributed by atoms with Crippen molar-refractivity contribution in [2.75, 3.05) is 6.61 Å². The molecule has 2 bridgehead atoms. The highest BCUT2D eigenvalue weighted by molar-refractivity contribution is 5.65. The standard InChI is InChI=1S/C27H28N4O/c1-3-32-26-10-5-4-8-20(26)17-30-21-11-12-24(30)22-16-28-27-15-23(29-31(27)25(22)14-21)19-9-6-7-18(2)13-19/h4-10,13,15-16,21,24H,3,11-12,14,17H2,1-2H3. The second kappa shape index (κ2) is 7.75. The van der Waals surface area contributed by atoms with E-state index in [1.54, 1.807) is 0 Å². The molecule has 1 saturated heterocycles. The van der Waals surface area contributed by atoms with Crippen molar-refractivity contribution in [2.45, 2.75) is 51.7 Å². The van der Waals surface area contributed by atoms with Gasteiger partial charge in [-0.2, -0.15) is 5.10 Å². The Morgan fingerprint density at radius 2 is 1.97 bits per heavy atom. The SMILES string of the molecule is CCOc1ccccc1CN1C2CCC1c1cnc3cc(-c4cccc(C)c4)nn3c1C2. The van der Waals surface area contributed by atoms with Crippen LogP contribution in [-0.2, 0) is 13.0 Å². The monoisotopic (exact) mass is 424 g/mol. The van der Waals surface area contributed by atoms with Crippen LogP contribution in [0.2, 0.25) is 0 Å². The van der Waals surface area contributed by atoms with Crippen molar-refractivity contribution in [3.05, 3.63) is 83.2 Å². The van der Waals surface area contributed by atoms with Gasteiger partial charge in [-0.3, -0.25) is 4.90 Å². The van der Waals surface area contributed by atoms with Gasteiger partial charge < -0.3 is 4.74 Å². The summed E-state index contributed by atoms with van der Waals surface area (Å²) in [5.41, 5.74) is 8.26. The van der Waals surface area contributed by atoms with Crippen LogP contribution in [0.15, 0.2) is 60.8 Å². The Kier molecular flexibility index (Phi) is 4.72. The Balaban J connectivity index is 1.36. The molecule has 2 aliphatic heterocycles. The zero-order valence-corrected chi connectivity index (χ0v) is 18.7. The van der Waals surface area contributed by atoms with E-state index >= 15 is 0 Å². The summed E-state index contributed by atoms with van der Waals surface area (Å²) in [5, 5.41) is 5.00. The fraction of sp³-hybridized carbons (Fsp3) is 0.333. The fourth-order valence-electron chi connectivity index (χ4n) is 5.50. The lowest BCUT2D eigenvalue weighted by molar-refractivity contribution is 0.162. The second-order valence-electron chi connectivity index (χ2n) is 8.99. The summed E-state index contributed by atoms with van der Waals surface area (Å²) in [4.78, 5) is 7.47. The van der Waals surface area contributed by atoms with Gasteiger partial charge in [0.2, 0.25) is 0 Å². The number of benzene rings is 2. The van der Waals surface area contributed by atoms with Crippen molar-refractivity contribution in [1.29, 1.82) is 0 Å². The van der Waals surface area contributed by atoms with Gasteiger partial charge in [-0.15, -0.1) is 0 Å². The third kappa shape index (κ3) is 3.19. The highest BCUT2D eigenvalue weighted by atomic mass is 16.5. The van der Waals surface area contributed by atoms with Crippen LogP contribution in [0.4, 0.5) is 0 Å². The normalized spacial score (nSPS) is 19.9. The predicted octanol–water partition coefficient (Wildman–Crippen LogP) is 5.37. The lowest BCUT2D eigenvalue weighted by atomic mass is 9.98. The summed E-state index contributed by atoms with van der Waals surface area (Å²) in [6.45, 7) is 5.77. The van der Waals surface area contributed by atoms with Gasteiger partial charge in [-0.05, 0) is 38.8 Å². The molecule has 2 aromatic heterocycles. The molecular formula is C27H28N4O. The molecule has 4 heterocycles. The second-order valence-corrected chi connectivity index (χ2v) is 8.99. The van der Waals surface area contributed by atoms with Crippen LogP contribution in [0.25, 0.3) is 16.9 Å². The number of fused-ring (bicyclic) bond motifs is 6. The number of para-hydroxylation sites is 1. The molecule has 162 valence electrons. The number of aryl methyl sites for hydroxylation is 1. The molecule has 0 aliphatic carbocycles. The van der Waals surface area contributed by atoms with E-state index < -0.39 is 0 Å². The highest BCUT2D eigenvalue weighted by Crippen LogP contribution is 2.45. The van der Waals surface area contributed by atoms with Gasteiger partial charge in [0.15, 0.2) is 5.65 Å². The maximum Gasteiger partial charge on any atom is 0.155 e. The number of hydrogen-bond acceptors (Lipinski definition) is 4. The number of rotatable bonds is 5. The third-order valence-electron chi connectivity index (χ3n) is 6.99. The molecule has 0 spiro atoms. The maximum atomic E-state index is 5.90. The molecule has 0 saturated carbocycles. The fourth-order valence-corrected chi connectivity index (χ4v) is 5.50. The van der Waals surface area contributed by atoms with E-state index in [0.717, 1.165) is 35.6 Å². The first-order valence-electron chi connectivity index (χ1n) is 11.6. The maximum absolute atomic E-state index is 5.90.